The summed E-state index contributed by atoms with van der Waals surface area (Å²) < 4.78 is 38.9. The number of fused-ring (bicyclic) bond motifs is 4. The summed E-state index contributed by atoms with van der Waals surface area (Å²) in [5, 5.41) is 4.43. The van der Waals surface area contributed by atoms with Crippen molar-refractivity contribution in [2.24, 2.45) is 29.1 Å². The Kier molecular flexibility index (Phi) is 11.6. The number of thiazole rings is 1. The van der Waals surface area contributed by atoms with Crippen LogP contribution in [0.1, 0.15) is 88.4 Å². The Labute approximate surface area is 338 Å². The van der Waals surface area contributed by atoms with Crippen LogP contribution in [-0.2, 0) is 33.9 Å². The molecule has 1 aromatic heterocycles. The molecule has 2 saturated heterocycles. The molecule has 1 aromatic carbocycles. The number of likely N-dealkylation sites (tertiary alicyclic amines) is 1. The zero-order valence-electron chi connectivity index (χ0n) is 33.0. The van der Waals surface area contributed by atoms with E-state index in [1.807, 2.05) is 62.6 Å². The second-order valence-electron chi connectivity index (χ2n) is 17.5. The van der Waals surface area contributed by atoms with Gasteiger partial charge in [-0.2, -0.15) is 0 Å². The highest BCUT2D eigenvalue weighted by Crippen LogP contribution is 2.47. The number of hydrogen-bond donors (Lipinski definition) is 2. The Hall–Kier alpha value is -4.31. The maximum absolute atomic E-state index is 14.7. The molecule has 0 radical (unpaired) electrons. The van der Waals surface area contributed by atoms with Crippen LogP contribution in [0.25, 0.3) is 11.3 Å². The minimum atomic E-state index is -3.90. The van der Waals surface area contributed by atoms with Crippen molar-refractivity contribution in [2.75, 3.05) is 33.4 Å². The maximum atomic E-state index is 14.7. The van der Waals surface area contributed by atoms with Crippen molar-refractivity contribution in [1.29, 1.82) is 0 Å². The lowest BCUT2D eigenvalue weighted by Gasteiger charge is -2.32. The number of nitrogens with one attached hydrogen (secondary N) is 2. The third kappa shape index (κ3) is 9.06. The van der Waals surface area contributed by atoms with Crippen LogP contribution in [0.15, 0.2) is 41.8 Å². The number of ether oxygens (including phenoxy) is 2. The third-order valence-electron chi connectivity index (χ3n) is 11.8. The predicted octanol–water partition coefficient (Wildman–Crippen LogP) is 4.32. The Morgan fingerprint density at radius 1 is 1.04 bits per heavy atom. The summed E-state index contributed by atoms with van der Waals surface area (Å²) in [5.41, 5.74) is -0.287. The number of benzene rings is 1. The van der Waals surface area contributed by atoms with Crippen molar-refractivity contribution < 1.29 is 41.9 Å². The van der Waals surface area contributed by atoms with E-state index in [0.29, 0.717) is 48.6 Å². The van der Waals surface area contributed by atoms with Gasteiger partial charge in [0, 0.05) is 54.2 Å². The molecule has 4 heterocycles. The van der Waals surface area contributed by atoms with Gasteiger partial charge in [0.2, 0.25) is 21.8 Å². The monoisotopic (exact) mass is 823 g/mol. The summed E-state index contributed by atoms with van der Waals surface area (Å²) in [7, 11) is -2.32. The molecule has 0 bridgehead atoms. The number of esters is 1. The molecular formula is C41H53N5O9S2. The number of sulfonamides is 1. The van der Waals surface area contributed by atoms with Crippen molar-refractivity contribution in [3.63, 3.8) is 0 Å². The van der Waals surface area contributed by atoms with Crippen molar-refractivity contribution in [1.82, 2.24) is 24.8 Å². The Morgan fingerprint density at radius 2 is 1.79 bits per heavy atom. The van der Waals surface area contributed by atoms with Gasteiger partial charge < -0.3 is 24.6 Å². The smallest absolute Gasteiger partial charge is 0.306 e. The average Bonchev–Trinajstić information content (AvgIpc) is 3.99. The van der Waals surface area contributed by atoms with E-state index in [4.69, 9.17) is 9.47 Å². The summed E-state index contributed by atoms with van der Waals surface area (Å²) in [6, 6.07) is 6.31. The lowest BCUT2D eigenvalue weighted by Crippen LogP contribution is -2.58. The highest BCUT2D eigenvalue weighted by atomic mass is 32.2. The van der Waals surface area contributed by atoms with Crippen molar-refractivity contribution in [3.8, 4) is 17.0 Å². The van der Waals surface area contributed by atoms with E-state index < -0.39 is 62.4 Å². The molecule has 14 nitrogen and oxygen atoms in total. The van der Waals surface area contributed by atoms with Crippen LogP contribution in [0.3, 0.4) is 0 Å². The van der Waals surface area contributed by atoms with Gasteiger partial charge in [-0.25, -0.2) is 13.4 Å². The number of allylic oxidation sites excluding steroid dienone is 1. The van der Waals surface area contributed by atoms with E-state index in [-0.39, 0.29) is 62.2 Å². The Bertz CT molecular complexity index is 2020. The molecule has 6 atom stereocenters. The van der Waals surface area contributed by atoms with Gasteiger partial charge in [0.25, 0.3) is 11.8 Å². The molecule has 16 heteroatoms. The molecule has 4 amide bonds. The zero-order valence-corrected chi connectivity index (χ0v) is 34.7. The fourth-order valence-corrected chi connectivity index (χ4v) is 10.5. The van der Waals surface area contributed by atoms with Gasteiger partial charge in [-0.3, -0.25) is 28.7 Å². The van der Waals surface area contributed by atoms with E-state index in [2.05, 4.69) is 15.0 Å². The first-order chi connectivity index (χ1) is 27.1. The van der Waals surface area contributed by atoms with Crippen molar-refractivity contribution >= 4 is 51.0 Å². The van der Waals surface area contributed by atoms with Crippen molar-refractivity contribution in [3.05, 3.63) is 46.8 Å². The van der Waals surface area contributed by atoms with Gasteiger partial charge in [0.1, 0.15) is 17.3 Å². The highest BCUT2D eigenvalue weighted by Gasteiger charge is 2.63. The van der Waals surface area contributed by atoms with Crippen LogP contribution in [-0.4, -0.2) is 103 Å². The van der Waals surface area contributed by atoms with Gasteiger partial charge in [-0.1, -0.05) is 45.8 Å². The zero-order chi connectivity index (χ0) is 40.7. The molecule has 308 valence electrons. The first kappa shape index (κ1) is 40.9. The fraction of sp³-hybridized carbons (Fsp3) is 0.610. The van der Waals surface area contributed by atoms with Crippen LogP contribution < -0.4 is 14.8 Å². The van der Waals surface area contributed by atoms with Gasteiger partial charge in [0.05, 0.1) is 31.1 Å². The molecule has 0 unspecified atom stereocenters. The minimum Gasteiger partial charge on any atom is -0.497 e. The number of aromatic nitrogens is 1. The SMILES string of the molecule is COc1ccc(-c2csc(C(=O)N3C[C@H]4CN5C(=O)[C@@H](CC(=O)OCC(C)(C)C)CCCCC/C=C\[C@@H]6C[C@@]6(C(=O)NS(=O)(=O)C6CC6)NC(=O)[C@@H]5[C@H]4C3)n2)cc1. The van der Waals surface area contributed by atoms with Gasteiger partial charge >= 0.3 is 5.97 Å². The maximum Gasteiger partial charge on any atom is 0.306 e. The van der Waals surface area contributed by atoms with Crippen LogP contribution in [0, 0.1) is 29.1 Å². The topological polar surface area (TPSA) is 181 Å². The highest BCUT2D eigenvalue weighted by molar-refractivity contribution is 7.91. The number of carbonyl (C=O) groups excluding carboxylic acids is 5. The van der Waals surface area contributed by atoms with E-state index >= 15 is 0 Å². The van der Waals surface area contributed by atoms with Gasteiger partial charge in [0.15, 0.2) is 5.01 Å². The molecule has 3 aliphatic heterocycles. The largest absolute Gasteiger partial charge is 0.497 e. The molecule has 7 rings (SSSR count). The molecule has 4 fully saturated rings. The lowest BCUT2D eigenvalue weighted by molar-refractivity contribution is -0.152. The fourth-order valence-electron chi connectivity index (χ4n) is 8.33. The number of carbonyl (C=O) groups is 5. The molecule has 57 heavy (non-hydrogen) atoms. The number of methoxy groups -OCH3 is 1. The molecule has 0 spiro atoms. The number of rotatable bonds is 9. The average molecular weight is 824 g/mol. The summed E-state index contributed by atoms with van der Waals surface area (Å²) in [6.45, 7) is 6.69. The second kappa shape index (κ2) is 16.1. The predicted molar refractivity (Wildman–Crippen MR) is 212 cm³/mol. The molecule has 2 N–H and O–H groups in total. The van der Waals surface area contributed by atoms with Crippen LogP contribution in [0.4, 0.5) is 0 Å². The van der Waals surface area contributed by atoms with Crippen LogP contribution in [0.5, 0.6) is 5.75 Å². The standard InChI is InChI=1S/C41H53N5O9S2/c1-40(2,3)24-55-33(47)18-26-10-8-6-5-7-9-11-28-19-41(28,39(51)44-57(52,53)30-16-17-30)43-35(48)34-31-22-45(20-27(31)21-46(34)37(26)49)38(50)36-42-32(23-56-36)25-12-14-29(54-4)15-13-25/h9,11-15,23,26-28,30-31,34H,5-8,10,16-22,24H2,1-4H3,(H,43,48)(H,44,51)/b11-9-/t26-,27+,28-,31+,34+,41-/m1/s1. The lowest BCUT2D eigenvalue weighted by atomic mass is 9.92. The number of nitrogens with zero attached hydrogens (tertiary/aromatic N) is 3. The third-order valence-corrected chi connectivity index (χ3v) is 14.4. The Morgan fingerprint density at radius 3 is 2.49 bits per heavy atom. The van der Waals surface area contributed by atoms with E-state index in [1.165, 1.54) is 11.3 Å². The van der Waals surface area contributed by atoms with Crippen LogP contribution >= 0.6 is 11.3 Å². The molecule has 5 aliphatic rings. The summed E-state index contributed by atoms with van der Waals surface area (Å²) in [6.07, 6.45) is 8.32. The van der Waals surface area contributed by atoms with Gasteiger partial charge in [-0.05, 0) is 68.2 Å². The molecule has 2 aromatic rings. The van der Waals surface area contributed by atoms with E-state index in [0.717, 1.165) is 18.4 Å². The minimum absolute atomic E-state index is 0.131. The summed E-state index contributed by atoms with van der Waals surface area (Å²) >= 11 is 1.23. The Balaban J connectivity index is 1.15. The van der Waals surface area contributed by atoms with E-state index in [1.54, 1.807) is 16.9 Å². The van der Waals surface area contributed by atoms with E-state index in [9.17, 15) is 32.4 Å². The summed E-state index contributed by atoms with van der Waals surface area (Å²) in [5.74, 6) is -3.67. The molecule has 2 aliphatic carbocycles. The quantitative estimate of drug-likeness (QED) is 0.273. The first-order valence-electron chi connectivity index (χ1n) is 20.0. The molecular weight excluding hydrogens is 771 g/mol. The normalized spacial score (nSPS) is 28.5. The molecule has 2 saturated carbocycles. The first-order valence-corrected chi connectivity index (χ1v) is 22.4. The van der Waals surface area contributed by atoms with Crippen LogP contribution in [0.2, 0.25) is 0 Å². The number of hydrogen-bond acceptors (Lipinski definition) is 11. The van der Waals surface area contributed by atoms with Gasteiger partial charge in [-0.15, -0.1) is 11.3 Å². The second-order valence-corrected chi connectivity index (χ2v) is 20.3. The summed E-state index contributed by atoms with van der Waals surface area (Å²) in [4.78, 5) is 78.1. The number of amides is 4. The van der Waals surface area contributed by atoms with Crippen molar-refractivity contribution in [2.45, 2.75) is 95.4 Å².